The van der Waals surface area contributed by atoms with Crippen molar-refractivity contribution in [2.75, 3.05) is 13.2 Å². The molecular formula is C73H128O6. The Kier molecular flexibility index (Phi) is 64.2. The van der Waals surface area contributed by atoms with Crippen LogP contribution in [0, 0.1) is 0 Å². The van der Waals surface area contributed by atoms with Gasteiger partial charge in [-0.2, -0.15) is 0 Å². The lowest BCUT2D eigenvalue weighted by Gasteiger charge is -2.18. The van der Waals surface area contributed by atoms with Crippen molar-refractivity contribution in [3.8, 4) is 0 Å². The average molecular weight is 1100 g/mol. The molecule has 0 saturated carbocycles. The van der Waals surface area contributed by atoms with Gasteiger partial charge in [0, 0.05) is 19.3 Å². The molecule has 0 radical (unpaired) electrons. The van der Waals surface area contributed by atoms with Gasteiger partial charge in [0.1, 0.15) is 13.2 Å². The molecule has 0 bridgehead atoms. The molecule has 6 heteroatoms. The Morgan fingerprint density at radius 2 is 0.506 bits per heavy atom. The molecule has 0 aromatic heterocycles. The summed E-state index contributed by atoms with van der Waals surface area (Å²) >= 11 is 0. The second kappa shape index (κ2) is 67.1. The number of carbonyl (C=O) groups excluding carboxylic acids is 3. The molecule has 1 unspecified atom stereocenters. The topological polar surface area (TPSA) is 78.9 Å². The number of hydrogen-bond donors (Lipinski definition) is 0. The summed E-state index contributed by atoms with van der Waals surface area (Å²) in [7, 11) is 0. The van der Waals surface area contributed by atoms with Gasteiger partial charge in [-0.05, 0) is 109 Å². The van der Waals surface area contributed by atoms with Gasteiger partial charge in [-0.1, -0.05) is 298 Å². The van der Waals surface area contributed by atoms with Gasteiger partial charge < -0.3 is 14.2 Å². The van der Waals surface area contributed by atoms with Crippen LogP contribution in [0.2, 0.25) is 0 Å². The van der Waals surface area contributed by atoms with E-state index in [0.29, 0.717) is 19.3 Å². The Labute approximate surface area is 490 Å². The lowest BCUT2D eigenvalue weighted by atomic mass is 10.0. The number of unbranched alkanes of at least 4 members (excludes halogenated alkanes) is 37. The number of esters is 3. The fraction of sp³-hybridized carbons (Fsp3) is 0.767. The Morgan fingerprint density at radius 3 is 0.823 bits per heavy atom. The number of ether oxygens (including phenoxy) is 3. The van der Waals surface area contributed by atoms with E-state index in [-0.39, 0.29) is 37.5 Å². The predicted molar refractivity (Wildman–Crippen MR) is 344 cm³/mol. The molecule has 0 rings (SSSR count). The highest BCUT2D eigenvalue weighted by atomic mass is 16.6. The van der Waals surface area contributed by atoms with Crippen molar-refractivity contribution in [3.05, 3.63) is 85.1 Å². The highest BCUT2D eigenvalue weighted by molar-refractivity contribution is 5.71. The van der Waals surface area contributed by atoms with E-state index in [1.807, 2.05) is 0 Å². The summed E-state index contributed by atoms with van der Waals surface area (Å²) in [5.74, 6) is -0.947. The molecule has 0 saturated heterocycles. The molecule has 0 aliphatic rings. The molecular weight excluding hydrogens is 973 g/mol. The smallest absolute Gasteiger partial charge is 0.306 e. The molecule has 0 fully saturated rings. The molecule has 1 atom stereocenters. The number of allylic oxidation sites excluding steroid dienone is 14. The van der Waals surface area contributed by atoms with Crippen molar-refractivity contribution in [1.82, 2.24) is 0 Å². The summed E-state index contributed by atoms with van der Waals surface area (Å²) in [5, 5.41) is 0. The fourth-order valence-corrected chi connectivity index (χ4v) is 9.76. The summed E-state index contributed by atoms with van der Waals surface area (Å²) in [6, 6.07) is 0. The molecule has 456 valence electrons. The SMILES string of the molecule is CC/C=C\C/C=C\C/C=C\C/C=C\C/C=C\CCCC(=O)OC(COC(=O)CCCCCCCCC/C=C\CCCCCCCC)COC(=O)CCCCCCCCCCCCCCCCC/C=C\CCCCCCCCCC. The largest absolute Gasteiger partial charge is 0.462 e. The molecule has 0 aromatic carbocycles. The van der Waals surface area contributed by atoms with Crippen molar-refractivity contribution in [2.24, 2.45) is 0 Å². The summed E-state index contributed by atoms with van der Waals surface area (Å²) in [5.41, 5.74) is 0. The molecule has 0 aliphatic carbocycles. The van der Waals surface area contributed by atoms with E-state index in [4.69, 9.17) is 14.2 Å². The normalized spacial score (nSPS) is 12.6. The first kappa shape index (κ1) is 75.6. The average Bonchev–Trinajstić information content (AvgIpc) is 3.45. The van der Waals surface area contributed by atoms with Crippen molar-refractivity contribution >= 4 is 17.9 Å². The van der Waals surface area contributed by atoms with E-state index in [0.717, 1.165) is 77.0 Å². The fourth-order valence-electron chi connectivity index (χ4n) is 9.76. The van der Waals surface area contributed by atoms with Crippen molar-refractivity contribution in [2.45, 2.75) is 348 Å². The van der Waals surface area contributed by atoms with E-state index in [9.17, 15) is 14.4 Å². The highest BCUT2D eigenvalue weighted by Gasteiger charge is 2.19. The monoisotopic (exact) mass is 1100 g/mol. The molecule has 0 aliphatic heterocycles. The highest BCUT2D eigenvalue weighted by Crippen LogP contribution is 2.17. The van der Waals surface area contributed by atoms with Gasteiger partial charge in [0.2, 0.25) is 0 Å². The third kappa shape index (κ3) is 65.3. The second-order valence-electron chi connectivity index (χ2n) is 22.7. The van der Waals surface area contributed by atoms with Gasteiger partial charge >= 0.3 is 17.9 Å². The maximum absolute atomic E-state index is 12.9. The van der Waals surface area contributed by atoms with Crippen LogP contribution in [0.4, 0.5) is 0 Å². The molecule has 0 amide bonds. The maximum atomic E-state index is 12.9. The van der Waals surface area contributed by atoms with Crippen LogP contribution in [0.5, 0.6) is 0 Å². The third-order valence-electron chi connectivity index (χ3n) is 14.9. The maximum Gasteiger partial charge on any atom is 0.306 e. The first-order valence-corrected chi connectivity index (χ1v) is 34.1. The molecule has 79 heavy (non-hydrogen) atoms. The molecule has 0 spiro atoms. The van der Waals surface area contributed by atoms with Crippen LogP contribution in [0.3, 0.4) is 0 Å². The first-order chi connectivity index (χ1) is 39.0. The Balaban J connectivity index is 4.33. The van der Waals surface area contributed by atoms with Gasteiger partial charge in [0.15, 0.2) is 6.10 Å². The van der Waals surface area contributed by atoms with Crippen LogP contribution in [0.25, 0.3) is 0 Å². The van der Waals surface area contributed by atoms with E-state index in [1.165, 1.54) is 218 Å². The number of carbonyl (C=O) groups is 3. The number of rotatable bonds is 62. The lowest BCUT2D eigenvalue weighted by Crippen LogP contribution is -2.30. The van der Waals surface area contributed by atoms with Gasteiger partial charge in [-0.25, -0.2) is 0 Å². The Bertz CT molecular complexity index is 1500. The Morgan fingerprint density at radius 1 is 0.266 bits per heavy atom. The standard InChI is InChI=1S/C73H128O6/c1-4-7-10-13-16-19-22-25-28-31-32-33-34-35-36-37-38-39-40-43-45-48-51-54-57-60-63-66-72(75)78-69-70(79-73(76)67-64-61-58-55-52-49-46-42-30-27-24-21-18-15-12-9-6-3)68-77-71(74)65-62-59-56-53-50-47-44-41-29-26-23-20-17-14-11-8-5-2/h9,12,18,21,26-27,29-32,46,49,55,58,70H,4-8,10-11,13-17,19-20,22-25,28,33-45,47-48,50-54,56-57,59-69H2,1-3H3/b12-9-,21-18-,29-26-,30-27-,32-31-,49-46-,58-55-. The molecule has 0 N–H and O–H groups in total. The molecule has 0 aromatic rings. The van der Waals surface area contributed by atoms with Gasteiger partial charge in [-0.3, -0.25) is 14.4 Å². The van der Waals surface area contributed by atoms with Crippen LogP contribution in [0.1, 0.15) is 342 Å². The van der Waals surface area contributed by atoms with Crippen LogP contribution in [-0.4, -0.2) is 37.2 Å². The summed E-state index contributed by atoms with van der Waals surface area (Å²) in [4.78, 5) is 38.4. The van der Waals surface area contributed by atoms with E-state index < -0.39 is 6.10 Å². The summed E-state index contributed by atoms with van der Waals surface area (Å²) in [6.45, 7) is 6.51. The van der Waals surface area contributed by atoms with Gasteiger partial charge in [0.05, 0.1) is 0 Å². The zero-order chi connectivity index (χ0) is 57.1. The van der Waals surface area contributed by atoms with E-state index >= 15 is 0 Å². The minimum Gasteiger partial charge on any atom is -0.462 e. The zero-order valence-electron chi connectivity index (χ0n) is 52.4. The van der Waals surface area contributed by atoms with Crippen molar-refractivity contribution in [3.63, 3.8) is 0 Å². The van der Waals surface area contributed by atoms with Crippen molar-refractivity contribution < 1.29 is 28.6 Å². The summed E-state index contributed by atoms with van der Waals surface area (Å²) < 4.78 is 16.9. The Hall–Kier alpha value is -3.41. The quantitative estimate of drug-likeness (QED) is 0.0261. The lowest BCUT2D eigenvalue weighted by molar-refractivity contribution is -0.167. The number of hydrogen-bond acceptors (Lipinski definition) is 6. The molecule has 0 heterocycles. The second-order valence-corrected chi connectivity index (χ2v) is 22.7. The predicted octanol–water partition coefficient (Wildman–Crippen LogP) is 23.4. The van der Waals surface area contributed by atoms with Crippen LogP contribution >= 0.6 is 0 Å². The van der Waals surface area contributed by atoms with Crippen LogP contribution in [-0.2, 0) is 28.6 Å². The van der Waals surface area contributed by atoms with Crippen molar-refractivity contribution in [1.29, 1.82) is 0 Å². The van der Waals surface area contributed by atoms with Crippen LogP contribution in [0.15, 0.2) is 85.1 Å². The molecule has 6 nitrogen and oxygen atoms in total. The first-order valence-electron chi connectivity index (χ1n) is 34.1. The van der Waals surface area contributed by atoms with Gasteiger partial charge in [-0.15, -0.1) is 0 Å². The van der Waals surface area contributed by atoms with E-state index in [2.05, 4.69) is 106 Å². The minimum atomic E-state index is -0.809. The third-order valence-corrected chi connectivity index (χ3v) is 14.9. The zero-order valence-corrected chi connectivity index (χ0v) is 52.4. The van der Waals surface area contributed by atoms with E-state index in [1.54, 1.807) is 0 Å². The minimum absolute atomic E-state index is 0.0983. The summed E-state index contributed by atoms with van der Waals surface area (Å²) in [6.07, 6.45) is 89.0. The van der Waals surface area contributed by atoms with Gasteiger partial charge in [0.25, 0.3) is 0 Å². The van der Waals surface area contributed by atoms with Crippen LogP contribution < -0.4 is 0 Å².